The molecule has 2 amide bonds. The molecule has 5 nitrogen and oxygen atoms in total. The highest BCUT2D eigenvalue weighted by Gasteiger charge is 2.38. The van der Waals surface area contributed by atoms with E-state index in [1.165, 1.54) is 18.2 Å². The molecule has 0 bridgehead atoms. The van der Waals surface area contributed by atoms with Crippen molar-refractivity contribution in [1.82, 2.24) is 9.88 Å². The molecular formula is C21H21N3O2S. The number of aromatic nitrogens is 1. The van der Waals surface area contributed by atoms with Gasteiger partial charge in [0.25, 0.3) is 11.8 Å². The Morgan fingerprint density at radius 3 is 2.70 bits per heavy atom. The molecule has 3 aliphatic rings. The van der Waals surface area contributed by atoms with Crippen LogP contribution in [0.5, 0.6) is 0 Å². The SMILES string of the molecule is O=C(c1ccc2c(c1)Sc1ncccc1C(=O)N2C1CC1)N1CCCCC1. The van der Waals surface area contributed by atoms with Crippen LogP contribution in [0.3, 0.4) is 0 Å². The maximum Gasteiger partial charge on any atom is 0.261 e. The Kier molecular flexibility index (Phi) is 4.16. The third kappa shape index (κ3) is 3.02. The van der Waals surface area contributed by atoms with Gasteiger partial charge in [-0.2, -0.15) is 0 Å². The van der Waals surface area contributed by atoms with E-state index in [9.17, 15) is 9.59 Å². The zero-order valence-corrected chi connectivity index (χ0v) is 15.9. The lowest BCUT2D eigenvalue weighted by molar-refractivity contribution is 0.0724. The van der Waals surface area contributed by atoms with Crippen molar-refractivity contribution in [2.75, 3.05) is 18.0 Å². The highest BCUT2D eigenvalue weighted by Crippen LogP contribution is 2.44. The zero-order chi connectivity index (χ0) is 18.4. The number of fused-ring (bicyclic) bond motifs is 2. The largest absolute Gasteiger partial charge is 0.339 e. The molecule has 3 heterocycles. The summed E-state index contributed by atoms with van der Waals surface area (Å²) in [5, 5.41) is 0.717. The molecule has 2 aliphatic heterocycles. The Labute approximate surface area is 162 Å². The first kappa shape index (κ1) is 16.8. The van der Waals surface area contributed by atoms with Gasteiger partial charge >= 0.3 is 0 Å². The number of pyridine rings is 1. The van der Waals surface area contributed by atoms with Gasteiger partial charge in [0, 0.05) is 35.8 Å². The summed E-state index contributed by atoms with van der Waals surface area (Å²) in [6.45, 7) is 1.67. The molecule has 0 atom stereocenters. The van der Waals surface area contributed by atoms with Crippen LogP contribution < -0.4 is 4.90 Å². The first-order chi connectivity index (χ1) is 13.2. The molecule has 2 fully saturated rings. The molecule has 6 heteroatoms. The average molecular weight is 379 g/mol. The number of likely N-dealkylation sites (tertiary alicyclic amines) is 1. The number of rotatable bonds is 2. The van der Waals surface area contributed by atoms with Crippen molar-refractivity contribution in [2.24, 2.45) is 0 Å². The molecule has 27 heavy (non-hydrogen) atoms. The van der Waals surface area contributed by atoms with E-state index in [0.29, 0.717) is 11.1 Å². The predicted octanol–water partition coefficient (Wildman–Crippen LogP) is 3.98. The first-order valence-electron chi connectivity index (χ1n) is 9.62. The molecule has 2 aromatic rings. The van der Waals surface area contributed by atoms with Crippen LogP contribution in [0.15, 0.2) is 46.5 Å². The second-order valence-corrected chi connectivity index (χ2v) is 8.43. The topological polar surface area (TPSA) is 53.5 Å². The maximum atomic E-state index is 13.1. The quantitative estimate of drug-likeness (QED) is 0.792. The third-order valence-electron chi connectivity index (χ3n) is 5.45. The van der Waals surface area contributed by atoms with Gasteiger partial charge in [0.1, 0.15) is 5.03 Å². The molecule has 1 aliphatic carbocycles. The molecule has 0 unspecified atom stereocenters. The minimum atomic E-state index is 0.0157. The van der Waals surface area contributed by atoms with Gasteiger partial charge in [0.15, 0.2) is 0 Å². The average Bonchev–Trinajstić information content (AvgIpc) is 3.55. The molecule has 0 radical (unpaired) electrons. The van der Waals surface area contributed by atoms with Gasteiger partial charge in [0.05, 0.1) is 11.3 Å². The Bertz CT molecular complexity index is 919. The lowest BCUT2D eigenvalue weighted by Crippen LogP contribution is -2.36. The summed E-state index contributed by atoms with van der Waals surface area (Å²) in [5.74, 6) is 0.106. The van der Waals surface area contributed by atoms with Crippen LogP contribution in [0, 0.1) is 0 Å². The second kappa shape index (κ2) is 6.68. The van der Waals surface area contributed by atoms with Crippen molar-refractivity contribution in [2.45, 2.75) is 48.1 Å². The summed E-state index contributed by atoms with van der Waals surface area (Å²) in [6, 6.07) is 9.68. The summed E-state index contributed by atoms with van der Waals surface area (Å²) < 4.78 is 0. The van der Waals surface area contributed by atoms with Crippen LogP contribution in [0.1, 0.15) is 52.8 Å². The van der Waals surface area contributed by atoms with E-state index in [-0.39, 0.29) is 17.9 Å². The van der Waals surface area contributed by atoms with Crippen molar-refractivity contribution in [3.8, 4) is 0 Å². The van der Waals surface area contributed by atoms with E-state index in [1.54, 1.807) is 6.20 Å². The van der Waals surface area contributed by atoms with Crippen LogP contribution in [0.2, 0.25) is 0 Å². The van der Waals surface area contributed by atoms with E-state index in [4.69, 9.17) is 0 Å². The smallest absolute Gasteiger partial charge is 0.261 e. The third-order valence-corrected chi connectivity index (χ3v) is 6.51. The molecule has 1 aromatic heterocycles. The lowest BCUT2D eigenvalue weighted by atomic mass is 10.1. The number of nitrogens with zero attached hydrogens (tertiary/aromatic N) is 3. The number of piperidine rings is 1. The summed E-state index contributed by atoms with van der Waals surface area (Å²) in [6.07, 6.45) is 7.12. The minimum Gasteiger partial charge on any atom is -0.339 e. The van der Waals surface area contributed by atoms with Crippen molar-refractivity contribution < 1.29 is 9.59 Å². The molecule has 0 spiro atoms. The Morgan fingerprint density at radius 1 is 1.11 bits per heavy atom. The van der Waals surface area contributed by atoms with Crippen LogP contribution >= 0.6 is 11.8 Å². The first-order valence-corrected chi connectivity index (χ1v) is 10.4. The van der Waals surface area contributed by atoms with Crippen LogP contribution in [-0.4, -0.2) is 40.8 Å². The fourth-order valence-electron chi connectivity index (χ4n) is 3.88. The van der Waals surface area contributed by atoms with E-state index in [2.05, 4.69) is 4.98 Å². The van der Waals surface area contributed by atoms with Gasteiger partial charge < -0.3 is 9.80 Å². The van der Waals surface area contributed by atoms with E-state index in [0.717, 1.165) is 54.4 Å². The Balaban J connectivity index is 1.56. The zero-order valence-electron chi connectivity index (χ0n) is 15.1. The minimum absolute atomic E-state index is 0.0157. The molecule has 5 rings (SSSR count). The normalized spacial score (nSPS) is 19.3. The van der Waals surface area contributed by atoms with Gasteiger partial charge in [-0.25, -0.2) is 4.98 Å². The number of anilines is 1. The number of carbonyl (C=O) groups excluding carboxylic acids is 2. The van der Waals surface area contributed by atoms with Crippen LogP contribution in [-0.2, 0) is 0 Å². The number of benzene rings is 1. The predicted molar refractivity (Wildman–Crippen MR) is 104 cm³/mol. The molecule has 1 saturated heterocycles. The fraction of sp³-hybridized carbons (Fsp3) is 0.381. The Hall–Kier alpha value is -2.34. The monoisotopic (exact) mass is 379 g/mol. The summed E-state index contributed by atoms with van der Waals surface area (Å²) in [7, 11) is 0. The van der Waals surface area contributed by atoms with Crippen molar-refractivity contribution in [3.63, 3.8) is 0 Å². The molecular weight excluding hydrogens is 358 g/mol. The Morgan fingerprint density at radius 2 is 1.93 bits per heavy atom. The maximum absolute atomic E-state index is 13.1. The highest BCUT2D eigenvalue weighted by atomic mass is 32.2. The molecule has 1 aromatic carbocycles. The highest BCUT2D eigenvalue weighted by molar-refractivity contribution is 7.99. The van der Waals surface area contributed by atoms with E-state index in [1.807, 2.05) is 40.1 Å². The van der Waals surface area contributed by atoms with Crippen molar-refractivity contribution >= 4 is 29.3 Å². The number of carbonyl (C=O) groups is 2. The lowest BCUT2D eigenvalue weighted by Gasteiger charge is -2.27. The molecule has 138 valence electrons. The number of amides is 2. The summed E-state index contributed by atoms with van der Waals surface area (Å²) in [5.41, 5.74) is 2.25. The van der Waals surface area contributed by atoms with Crippen molar-refractivity contribution in [3.05, 3.63) is 47.7 Å². The summed E-state index contributed by atoms with van der Waals surface area (Å²) in [4.78, 5) is 35.3. The fourth-order valence-corrected chi connectivity index (χ4v) is 4.93. The molecule has 1 saturated carbocycles. The summed E-state index contributed by atoms with van der Waals surface area (Å²) >= 11 is 1.49. The van der Waals surface area contributed by atoms with E-state index >= 15 is 0 Å². The van der Waals surface area contributed by atoms with Gasteiger partial charge in [-0.3, -0.25) is 9.59 Å². The standard InChI is InChI=1S/C21H21N3O2S/c25-20(23-11-2-1-3-12-23)14-6-9-17-18(13-14)27-19-16(5-4-10-22-19)21(26)24(17)15-7-8-15/h4-6,9-10,13,15H,1-3,7-8,11-12H2. The van der Waals surface area contributed by atoms with Gasteiger partial charge in [-0.05, 0) is 62.4 Å². The number of hydrogen-bond acceptors (Lipinski definition) is 4. The van der Waals surface area contributed by atoms with E-state index < -0.39 is 0 Å². The molecule has 0 N–H and O–H groups in total. The van der Waals surface area contributed by atoms with Crippen LogP contribution in [0.4, 0.5) is 5.69 Å². The van der Waals surface area contributed by atoms with Crippen LogP contribution in [0.25, 0.3) is 0 Å². The number of hydrogen-bond donors (Lipinski definition) is 0. The second-order valence-electron chi connectivity index (χ2n) is 7.40. The van der Waals surface area contributed by atoms with Gasteiger partial charge in [-0.1, -0.05) is 11.8 Å². The van der Waals surface area contributed by atoms with Gasteiger partial charge in [0.2, 0.25) is 0 Å². The van der Waals surface area contributed by atoms with Gasteiger partial charge in [-0.15, -0.1) is 0 Å². The van der Waals surface area contributed by atoms with Crippen molar-refractivity contribution in [1.29, 1.82) is 0 Å².